The van der Waals surface area contributed by atoms with Crippen LogP contribution in [0.1, 0.15) is 12.6 Å². The third-order valence-corrected chi connectivity index (χ3v) is 2.55. The van der Waals surface area contributed by atoms with Gasteiger partial charge in [-0.2, -0.15) is 4.98 Å². The molecule has 1 aliphatic rings. The second-order valence-corrected chi connectivity index (χ2v) is 3.66. The fourth-order valence-corrected chi connectivity index (χ4v) is 1.70. The minimum atomic E-state index is -0.778. The van der Waals surface area contributed by atoms with Crippen molar-refractivity contribution in [3.8, 4) is 0 Å². The smallest absolute Gasteiger partial charge is 0.351 e. The average Bonchev–Trinajstić information content (AvgIpc) is 2.59. The van der Waals surface area contributed by atoms with E-state index in [1.54, 1.807) is 0 Å². The number of ether oxygens (including phenoxy) is 1. The molecule has 0 saturated carbocycles. The Morgan fingerprint density at radius 3 is 3.00 bits per heavy atom. The van der Waals surface area contributed by atoms with Crippen molar-refractivity contribution in [3.63, 3.8) is 0 Å². The molecule has 3 atom stereocenters. The third-order valence-electron chi connectivity index (χ3n) is 2.55. The number of hydrogen-bond acceptors (Lipinski definition) is 6. The zero-order valence-electron chi connectivity index (χ0n) is 8.48. The third kappa shape index (κ3) is 1.92. The lowest BCUT2D eigenvalue weighted by Gasteiger charge is -2.13. The first kappa shape index (κ1) is 11.1. The molecule has 0 spiro atoms. The highest BCUT2D eigenvalue weighted by atomic mass is 16.6. The predicted molar refractivity (Wildman–Crippen MR) is 54.5 cm³/mol. The van der Waals surface area contributed by atoms with Gasteiger partial charge in [0.25, 0.3) is 0 Å². The van der Waals surface area contributed by atoms with Gasteiger partial charge < -0.3 is 20.7 Å². The molecule has 4 N–H and O–H groups in total. The first-order chi connectivity index (χ1) is 7.61. The summed E-state index contributed by atoms with van der Waals surface area (Å²) >= 11 is 0. The number of aromatic nitrogens is 2. The molecule has 1 aliphatic heterocycles. The lowest BCUT2D eigenvalue weighted by atomic mass is 10.4. The molecule has 2 heterocycles. The Morgan fingerprint density at radius 1 is 1.69 bits per heavy atom. The Morgan fingerprint density at radius 2 is 2.44 bits per heavy atom. The van der Waals surface area contributed by atoms with Crippen molar-refractivity contribution in [2.24, 2.45) is 0 Å². The minimum absolute atomic E-state index is 0.138. The Labute approximate surface area is 91.1 Å². The average molecular weight is 229 g/mol. The van der Waals surface area contributed by atoms with Gasteiger partial charge in [0.1, 0.15) is 18.1 Å². The van der Waals surface area contributed by atoms with Crippen LogP contribution in [0.2, 0.25) is 0 Å². The Hall–Kier alpha value is -1.44. The highest BCUT2D eigenvalue weighted by molar-refractivity contribution is 5.23. The topological polar surface area (TPSA) is 111 Å². The molecule has 16 heavy (non-hydrogen) atoms. The summed E-state index contributed by atoms with van der Waals surface area (Å²) < 4.78 is 6.56. The monoisotopic (exact) mass is 229 g/mol. The number of nitrogen functional groups attached to an aromatic ring is 1. The predicted octanol–water partition coefficient (Wildman–Crippen LogP) is -1.53. The summed E-state index contributed by atoms with van der Waals surface area (Å²) in [4.78, 5) is 15.0. The van der Waals surface area contributed by atoms with E-state index in [4.69, 9.17) is 15.6 Å². The molecule has 7 nitrogen and oxygen atoms in total. The van der Waals surface area contributed by atoms with E-state index in [9.17, 15) is 9.90 Å². The summed E-state index contributed by atoms with van der Waals surface area (Å²) in [6, 6.07) is 1.48. The van der Waals surface area contributed by atoms with Crippen molar-refractivity contribution in [1.29, 1.82) is 0 Å². The van der Waals surface area contributed by atoms with Crippen LogP contribution >= 0.6 is 0 Å². The highest BCUT2D eigenvalue weighted by Crippen LogP contribution is 2.27. The number of aliphatic hydroxyl groups excluding tert-OH is 2. The number of anilines is 1. The fourth-order valence-electron chi connectivity index (χ4n) is 1.70. The van der Waals surface area contributed by atoms with Crippen LogP contribution in [0.5, 0.6) is 0 Å². The first-order valence-corrected chi connectivity index (χ1v) is 4.91. The van der Waals surface area contributed by atoms with Gasteiger partial charge in [-0.15, -0.1) is 0 Å². The first-order valence-electron chi connectivity index (χ1n) is 4.91. The van der Waals surface area contributed by atoms with E-state index in [1.807, 2.05) is 0 Å². The molecule has 2 rings (SSSR count). The number of hydrogen-bond donors (Lipinski definition) is 3. The molecule has 1 aromatic heterocycles. The molecule has 0 aromatic carbocycles. The normalized spacial score (nSPS) is 29.5. The van der Waals surface area contributed by atoms with Crippen LogP contribution in [-0.2, 0) is 4.74 Å². The van der Waals surface area contributed by atoms with E-state index in [1.165, 1.54) is 16.8 Å². The van der Waals surface area contributed by atoms with Crippen molar-refractivity contribution < 1.29 is 14.9 Å². The van der Waals surface area contributed by atoms with Crippen LogP contribution in [-0.4, -0.2) is 38.6 Å². The van der Waals surface area contributed by atoms with E-state index in [-0.39, 0.29) is 18.8 Å². The minimum Gasteiger partial charge on any atom is -0.394 e. The standard InChI is InChI=1S/C9H13N3O4/c10-7-1-2-12(9(15)11-7)8-3-5(14)6(4-13)16-8/h1-2,5-6,8,13-14H,3-4H2,(H2,10,11,15)/t5-,6+,8+/m0/s1/i5+1,6+1. The van der Waals surface area contributed by atoms with Gasteiger partial charge in [0.05, 0.1) is 12.7 Å². The summed E-state index contributed by atoms with van der Waals surface area (Å²) in [6.45, 7) is -0.283. The number of aliphatic hydroxyl groups is 2. The second-order valence-electron chi connectivity index (χ2n) is 3.66. The molecule has 7 heteroatoms. The molecule has 0 bridgehead atoms. The molecular formula is C9H13N3O4. The van der Waals surface area contributed by atoms with Crippen LogP contribution < -0.4 is 11.4 Å². The van der Waals surface area contributed by atoms with Gasteiger partial charge >= 0.3 is 5.69 Å². The van der Waals surface area contributed by atoms with Crippen LogP contribution in [0.25, 0.3) is 0 Å². The van der Waals surface area contributed by atoms with Crippen LogP contribution in [0.15, 0.2) is 17.1 Å². The summed E-state index contributed by atoms with van der Waals surface area (Å²) in [5.41, 5.74) is 4.82. The van der Waals surface area contributed by atoms with E-state index in [0.29, 0.717) is 0 Å². The van der Waals surface area contributed by atoms with E-state index in [0.717, 1.165) is 0 Å². The second kappa shape index (κ2) is 4.20. The molecule has 0 radical (unpaired) electrons. The molecule has 88 valence electrons. The molecule has 0 aliphatic carbocycles. The van der Waals surface area contributed by atoms with Crippen LogP contribution in [0.4, 0.5) is 5.82 Å². The van der Waals surface area contributed by atoms with Gasteiger partial charge in [-0.05, 0) is 6.07 Å². The van der Waals surface area contributed by atoms with Crippen LogP contribution in [0, 0.1) is 0 Å². The molecule has 0 amide bonds. The van der Waals surface area contributed by atoms with E-state index in [2.05, 4.69) is 4.98 Å². The maximum Gasteiger partial charge on any atom is 0.351 e. The van der Waals surface area contributed by atoms with Crippen molar-refractivity contribution in [3.05, 3.63) is 22.7 Å². The molecule has 0 unspecified atom stereocenters. The molecular weight excluding hydrogens is 216 g/mol. The van der Waals surface area contributed by atoms with Gasteiger partial charge in [0.2, 0.25) is 0 Å². The van der Waals surface area contributed by atoms with Crippen molar-refractivity contribution in [1.82, 2.24) is 9.55 Å². The highest BCUT2D eigenvalue weighted by Gasteiger charge is 2.34. The summed E-state index contributed by atoms with van der Waals surface area (Å²) in [5.74, 6) is 0.138. The van der Waals surface area contributed by atoms with Gasteiger partial charge in [-0.1, -0.05) is 0 Å². The summed E-state index contributed by atoms with van der Waals surface area (Å²) in [6.07, 6.45) is -0.333. The maximum absolute atomic E-state index is 11.5. The molecule has 1 saturated heterocycles. The van der Waals surface area contributed by atoms with Gasteiger partial charge in [-0.3, -0.25) is 4.57 Å². The SMILES string of the molecule is Nc1ccn([C@H]2C[13C@H](O)[13C@@H](CO)O2)c(=O)n1. The Bertz CT molecular complexity index is 433. The zero-order valence-corrected chi connectivity index (χ0v) is 8.48. The quantitative estimate of drug-likeness (QED) is 0.530. The molecule has 1 fully saturated rings. The molecule has 1 aromatic rings. The number of rotatable bonds is 2. The number of nitrogens with two attached hydrogens (primary N) is 1. The van der Waals surface area contributed by atoms with Gasteiger partial charge in [0.15, 0.2) is 0 Å². The van der Waals surface area contributed by atoms with Gasteiger partial charge in [-0.25, -0.2) is 4.79 Å². The van der Waals surface area contributed by atoms with Crippen LogP contribution in [0.3, 0.4) is 0 Å². The van der Waals surface area contributed by atoms with E-state index < -0.39 is 24.1 Å². The fraction of sp³-hybridized carbons (Fsp3) is 0.556. The lowest BCUT2D eigenvalue weighted by Crippen LogP contribution is -2.27. The largest absolute Gasteiger partial charge is 0.394 e. The van der Waals surface area contributed by atoms with Crippen molar-refractivity contribution in [2.45, 2.75) is 24.9 Å². The van der Waals surface area contributed by atoms with E-state index >= 15 is 0 Å². The maximum atomic E-state index is 11.5. The Balaban J connectivity index is 2.23. The van der Waals surface area contributed by atoms with Gasteiger partial charge in [0, 0.05) is 12.6 Å². The lowest BCUT2D eigenvalue weighted by molar-refractivity contribution is -0.0458. The number of nitrogens with zero attached hydrogens (tertiary/aromatic N) is 2. The zero-order chi connectivity index (χ0) is 11.7. The summed E-state index contributed by atoms with van der Waals surface area (Å²) in [7, 11) is 0. The Kier molecular flexibility index (Phi) is 2.90. The summed E-state index contributed by atoms with van der Waals surface area (Å²) in [5, 5.41) is 18.4. The van der Waals surface area contributed by atoms with Crippen molar-refractivity contribution >= 4 is 5.82 Å². The van der Waals surface area contributed by atoms with Crippen molar-refractivity contribution in [2.75, 3.05) is 12.3 Å².